The lowest BCUT2D eigenvalue weighted by Crippen LogP contribution is -2.29. The fourth-order valence-electron chi connectivity index (χ4n) is 3.95. The maximum Gasteiger partial charge on any atom is 0.262 e. The van der Waals surface area contributed by atoms with Crippen molar-refractivity contribution in [3.05, 3.63) is 53.6 Å². The molecule has 2 aromatic rings. The van der Waals surface area contributed by atoms with Gasteiger partial charge in [-0.15, -0.1) is 0 Å². The van der Waals surface area contributed by atoms with Crippen molar-refractivity contribution in [1.82, 2.24) is 5.32 Å². The minimum absolute atomic E-state index is 0.0619. The minimum Gasteiger partial charge on any atom is -0.490 e. The number of ether oxygens (including phenoxy) is 2. The van der Waals surface area contributed by atoms with Gasteiger partial charge in [0.05, 0.1) is 6.61 Å². The summed E-state index contributed by atoms with van der Waals surface area (Å²) in [5, 5.41) is 6.57. The van der Waals surface area contributed by atoms with Gasteiger partial charge in [-0.3, -0.25) is 4.79 Å². The molecule has 0 unspecified atom stereocenters. The summed E-state index contributed by atoms with van der Waals surface area (Å²) in [4.78, 5) is 12.2. The zero-order chi connectivity index (χ0) is 21.9. The van der Waals surface area contributed by atoms with E-state index < -0.39 is 0 Å². The molecule has 0 heterocycles. The highest BCUT2D eigenvalue weighted by molar-refractivity contribution is 5.91. The average Bonchev–Trinajstić information content (AvgIpc) is 2.74. The Morgan fingerprint density at radius 1 is 0.935 bits per heavy atom. The van der Waals surface area contributed by atoms with Gasteiger partial charge >= 0.3 is 0 Å². The van der Waals surface area contributed by atoms with E-state index in [-0.39, 0.29) is 12.5 Å². The molecular weight excluding hydrogens is 388 g/mol. The van der Waals surface area contributed by atoms with Crippen molar-refractivity contribution >= 4 is 11.6 Å². The van der Waals surface area contributed by atoms with Crippen LogP contribution in [0.15, 0.2) is 42.5 Å². The van der Waals surface area contributed by atoms with E-state index in [1.807, 2.05) is 56.3 Å². The number of hydrogen-bond acceptors (Lipinski definition) is 4. The van der Waals surface area contributed by atoms with Crippen LogP contribution < -0.4 is 20.1 Å². The van der Waals surface area contributed by atoms with Crippen LogP contribution in [-0.2, 0) is 11.3 Å². The second kappa shape index (κ2) is 12.4. The third-order valence-corrected chi connectivity index (χ3v) is 5.70. The van der Waals surface area contributed by atoms with Crippen molar-refractivity contribution in [2.24, 2.45) is 0 Å². The standard InChI is InChI=1S/C26H36N2O3/c1-3-30-25-17-21(18-27-22-9-7-5-4-6-8-10-22)13-16-24(25)31-19-26(29)28-23-14-11-20(2)12-15-23/h11-17,22,27H,3-10,18-19H2,1-2H3,(H,28,29). The van der Waals surface area contributed by atoms with Gasteiger partial charge in [-0.1, -0.05) is 55.9 Å². The van der Waals surface area contributed by atoms with Crippen LogP contribution in [0.1, 0.15) is 63.0 Å². The number of benzene rings is 2. The molecule has 3 rings (SSSR count). The highest BCUT2D eigenvalue weighted by Gasteiger charge is 2.13. The summed E-state index contributed by atoms with van der Waals surface area (Å²) in [6.07, 6.45) is 9.26. The van der Waals surface area contributed by atoms with Gasteiger partial charge in [-0.25, -0.2) is 0 Å². The van der Waals surface area contributed by atoms with Crippen molar-refractivity contribution in [3.63, 3.8) is 0 Å². The topological polar surface area (TPSA) is 59.6 Å². The molecule has 0 atom stereocenters. The molecule has 168 valence electrons. The molecule has 31 heavy (non-hydrogen) atoms. The van der Waals surface area contributed by atoms with E-state index in [4.69, 9.17) is 9.47 Å². The van der Waals surface area contributed by atoms with Crippen LogP contribution in [0.25, 0.3) is 0 Å². The molecule has 0 radical (unpaired) electrons. The number of nitrogens with one attached hydrogen (secondary N) is 2. The maximum atomic E-state index is 12.2. The molecule has 1 saturated carbocycles. The third kappa shape index (κ3) is 7.91. The van der Waals surface area contributed by atoms with Gasteiger partial charge in [0.1, 0.15) is 0 Å². The zero-order valence-corrected chi connectivity index (χ0v) is 18.9. The Hall–Kier alpha value is -2.53. The summed E-state index contributed by atoms with van der Waals surface area (Å²) in [5.74, 6) is 1.08. The van der Waals surface area contributed by atoms with E-state index in [1.54, 1.807) is 0 Å². The first-order chi connectivity index (χ1) is 15.1. The molecule has 0 bridgehead atoms. The number of aryl methyl sites for hydroxylation is 1. The van der Waals surface area contributed by atoms with E-state index in [1.165, 1.54) is 50.5 Å². The Morgan fingerprint density at radius 2 is 1.65 bits per heavy atom. The summed E-state index contributed by atoms with van der Waals surface area (Å²) < 4.78 is 11.6. The van der Waals surface area contributed by atoms with Gasteiger partial charge in [-0.2, -0.15) is 0 Å². The van der Waals surface area contributed by atoms with Gasteiger partial charge in [0, 0.05) is 18.3 Å². The second-order valence-corrected chi connectivity index (χ2v) is 8.34. The van der Waals surface area contributed by atoms with Crippen molar-refractivity contribution in [2.45, 2.75) is 71.4 Å². The molecule has 2 aromatic carbocycles. The largest absolute Gasteiger partial charge is 0.490 e. The van der Waals surface area contributed by atoms with Crippen LogP contribution in [0.5, 0.6) is 11.5 Å². The van der Waals surface area contributed by atoms with E-state index in [0.717, 1.165) is 17.8 Å². The molecule has 5 heteroatoms. The molecule has 5 nitrogen and oxygen atoms in total. The maximum absolute atomic E-state index is 12.2. The first-order valence-corrected chi connectivity index (χ1v) is 11.6. The predicted molar refractivity (Wildman–Crippen MR) is 126 cm³/mol. The fraction of sp³-hybridized carbons (Fsp3) is 0.500. The number of amides is 1. The molecule has 0 aromatic heterocycles. The molecule has 1 amide bonds. The summed E-state index contributed by atoms with van der Waals surface area (Å²) in [6, 6.07) is 14.3. The van der Waals surface area contributed by atoms with Gasteiger partial charge in [0.15, 0.2) is 18.1 Å². The number of carbonyl (C=O) groups is 1. The van der Waals surface area contributed by atoms with Crippen molar-refractivity contribution in [2.75, 3.05) is 18.5 Å². The first-order valence-electron chi connectivity index (χ1n) is 11.6. The Kier molecular flexibility index (Phi) is 9.22. The Labute approximate surface area is 186 Å². The predicted octanol–water partition coefficient (Wildman–Crippen LogP) is 5.61. The van der Waals surface area contributed by atoms with E-state index in [9.17, 15) is 4.79 Å². The zero-order valence-electron chi connectivity index (χ0n) is 18.9. The van der Waals surface area contributed by atoms with Gasteiger partial charge in [0.25, 0.3) is 5.91 Å². The fourth-order valence-corrected chi connectivity index (χ4v) is 3.95. The van der Waals surface area contributed by atoms with Crippen LogP contribution in [0, 0.1) is 6.92 Å². The lowest BCUT2D eigenvalue weighted by molar-refractivity contribution is -0.118. The number of carbonyl (C=O) groups excluding carboxylic acids is 1. The molecule has 1 aliphatic carbocycles. The van der Waals surface area contributed by atoms with Gasteiger partial charge < -0.3 is 20.1 Å². The molecule has 0 aliphatic heterocycles. The second-order valence-electron chi connectivity index (χ2n) is 8.34. The van der Waals surface area contributed by atoms with E-state index >= 15 is 0 Å². The molecular formula is C26H36N2O3. The lowest BCUT2D eigenvalue weighted by Gasteiger charge is -2.21. The Balaban J connectivity index is 1.53. The van der Waals surface area contributed by atoms with Crippen LogP contribution in [-0.4, -0.2) is 25.2 Å². The molecule has 0 saturated heterocycles. The Bertz CT molecular complexity index is 812. The minimum atomic E-state index is -0.193. The lowest BCUT2D eigenvalue weighted by atomic mass is 9.96. The molecule has 1 aliphatic rings. The SMILES string of the molecule is CCOc1cc(CNC2CCCCCCC2)ccc1OCC(=O)Nc1ccc(C)cc1. The summed E-state index contributed by atoms with van der Waals surface area (Å²) >= 11 is 0. The number of anilines is 1. The van der Waals surface area contributed by atoms with Crippen LogP contribution in [0.2, 0.25) is 0 Å². The Morgan fingerprint density at radius 3 is 2.35 bits per heavy atom. The van der Waals surface area contributed by atoms with Crippen molar-refractivity contribution in [1.29, 1.82) is 0 Å². The van der Waals surface area contributed by atoms with E-state index in [0.29, 0.717) is 24.1 Å². The molecule has 1 fully saturated rings. The van der Waals surface area contributed by atoms with Crippen molar-refractivity contribution in [3.8, 4) is 11.5 Å². The summed E-state index contributed by atoms with van der Waals surface area (Å²) in [7, 11) is 0. The highest BCUT2D eigenvalue weighted by Crippen LogP contribution is 2.29. The van der Waals surface area contributed by atoms with Gasteiger partial charge in [0.2, 0.25) is 0 Å². The number of hydrogen-bond donors (Lipinski definition) is 2. The van der Waals surface area contributed by atoms with E-state index in [2.05, 4.69) is 10.6 Å². The monoisotopic (exact) mass is 424 g/mol. The molecule has 0 spiro atoms. The van der Waals surface area contributed by atoms with Crippen molar-refractivity contribution < 1.29 is 14.3 Å². The third-order valence-electron chi connectivity index (χ3n) is 5.70. The smallest absolute Gasteiger partial charge is 0.262 e. The first kappa shape index (κ1) is 23.1. The summed E-state index contributed by atoms with van der Waals surface area (Å²) in [5.41, 5.74) is 3.08. The van der Waals surface area contributed by atoms with Crippen LogP contribution in [0.4, 0.5) is 5.69 Å². The van der Waals surface area contributed by atoms with Crippen LogP contribution >= 0.6 is 0 Å². The van der Waals surface area contributed by atoms with Gasteiger partial charge in [-0.05, 0) is 56.5 Å². The average molecular weight is 425 g/mol. The van der Waals surface area contributed by atoms with Crippen LogP contribution in [0.3, 0.4) is 0 Å². The molecule has 2 N–H and O–H groups in total. The summed E-state index contributed by atoms with van der Waals surface area (Å²) in [6.45, 7) is 5.27. The highest BCUT2D eigenvalue weighted by atomic mass is 16.5. The number of rotatable bonds is 9. The quantitative estimate of drug-likeness (QED) is 0.549. The normalized spacial score (nSPS) is 15.0.